The van der Waals surface area contributed by atoms with Crippen LogP contribution in [0.5, 0.6) is 0 Å². The molecule has 140 valence electrons. The van der Waals surface area contributed by atoms with Gasteiger partial charge >= 0.3 is 6.09 Å². The fraction of sp³-hybridized carbons (Fsp3) is 0.0500. The molecule has 2 heterocycles. The highest BCUT2D eigenvalue weighted by molar-refractivity contribution is 5.83. The van der Waals surface area contributed by atoms with Crippen LogP contribution in [0.1, 0.15) is 5.56 Å². The van der Waals surface area contributed by atoms with Gasteiger partial charge in [0, 0.05) is 29.2 Å². The molecule has 0 aliphatic rings. The first-order chi connectivity index (χ1) is 13.6. The fourth-order valence-corrected chi connectivity index (χ4v) is 2.93. The molecule has 28 heavy (non-hydrogen) atoms. The van der Waals surface area contributed by atoms with Crippen molar-refractivity contribution in [3.05, 3.63) is 66.5 Å². The molecule has 4 rings (SSSR count). The van der Waals surface area contributed by atoms with Crippen LogP contribution in [0.25, 0.3) is 22.4 Å². The number of carboxylic acid groups (broad SMARTS) is 1. The summed E-state index contributed by atoms with van der Waals surface area (Å²) in [4.78, 5) is 10.7. The summed E-state index contributed by atoms with van der Waals surface area (Å²) < 4.78 is 0. The number of anilines is 3. The number of H-pyrrole nitrogens is 2. The third-order valence-electron chi connectivity index (χ3n) is 4.35. The molecule has 5 N–H and O–H groups in total. The Bertz CT molecular complexity index is 1100. The molecule has 0 aliphatic heterocycles. The normalized spacial score (nSPS) is 10.6. The number of rotatable bonds is 5. The van der Waals surface area contributed by atoms with Crippen molar-refractivity contribution in [2.45, 2.75) is 6.92 Å². The van der Waals surface area contributed by atoms with Crippen LogP contribution in [0.2, 0.25) is 0 Å². The number of hydrogen-bond donors (Lipinski definition) is 5. The Labute approximate surface area is 160 Å². The lowest BCUT2D eigenvalue weighted by Crippen LogP contribution is -2.07. The molecule has 4 aromatic rings. The van der Waals surface area contributed by atoms with Crippen LogP contribution in [0, 0.1) is 6.92 Å². The van der Waals surface area contributed by atoms with E-state index in [9.17, 15) is 4.79 Å². The van der Waals surface area contributed by atoms with Crippen LogP contribution < -0.4 is 10.6 Å². The SMILES string of the molecule is Cc1cc(NC(=O)O)ccc1Nc1cc(-c2ccc(-c3cn[nH]c3)cc2)[nH]n1. The van der Waals surface area contributed by atoms with E-state index in [1.54, 1.807) is 18.3 Å². The molecule has 0 spiro atoms. The molecule has 8 nitrogen and oxygen atoms in total. The molecule has 0 atom stereocenters. The van der Waals surface area contributed by atoms with Crippen molar-refractivity contribution in [3.63, 3.8) is 0 Å². The number of amides is 1. The lowest BCUT2D eigenvalue weighted by molar-refractivity contribution is 0.210. The third-order valence-corrected chi connectivity index (χ3v) is 4.35. The minimum atomic E-state index is -1.09. The van der Waals surface area contributed by atoms with Gasteiger partial charge in [0.15, 0.2) is 5.82 Å². The second-order valence-electron chi connectivity index (χ2n) is 6.32. The van der Waals surface area contributed by atoms with Gasteiger partial charge in [0.1, 0.15) is 0 Å². The number of aromatic amines is 2. The van der Waals surface area contributed by atoms with Gasteiger partial charge in [-0.05, 0) is 41.8 Å². The van der Waals surface area contributed by atoms with E-state index >= 15 is 0 Å². The van der Waals surface area contributed by atoms with Gasteiger partial charge in [-0.1, -0.05) is 24.3 Å². The van der Waals surface area contributed by atoms with Crippen molar-refractivity contribution >= 4 is 23.3 Å². The van der Waals surface area contributed by atoms with Crippen LogP contribution in [-0.4, -0.2) is 31.6 Å². The first kappa shape index (κ1) is 17.3. The van der Waals surface area contributed by atoms with Crippen LogP contribution in [-0.2, 0) is 0 Å². The Morgan fingerprint density at radius 3 is 2.50 bits per heavy atom. The standard InChI is InChI=1S/C20H18N6O2/c1-12-8-16(23-20(27)28)6-7-17(12)24-19-9-18(25-26-19)14-4-2-13(3-5-14)15-10-21-22-11-15/h2-11,23H,1H3,(H,21,22)(H,27,28)(H2,24,25,26). The number of aryl methyl sites for hydroxylation is 1. The summed E-state index contributed by atoms with van der Waals surface area (Å²) in [6, 6.07) is 15.3. The molecule has 0 unspecified atom stereocenters. The largest absolute Gasteiger partial charge is 0.465 e. The number of hydrogen-bond acceptors (Lipinski definition) is 4. The van der Waals surface area contributed by atoms with Gasteiger partial charge in [0.25, 0.3) is 0 Å². The van der Waals surface area contributed by atoms with Crippen molar-refractivity contribution in [1.29, 1.82) is 0 Å². The van der Waals surface area contributed by atoms with E-state index in [-0.39, 0.29) is 0 Å². The Hall–Kier alpha value is -4.07. The average molecular weight is 374 g/mol. The van der Waals surface area contributed by atoms with Crippen LogP contribution in [0.15, 0.2) is 60.9 Å². The molecule has 2 aromatic heterocycles. The Balaban J connectivity index is 1.49. The minimum absolute atomic E-state index is 0.524. The van der Waals surface area contributed by atoms with Crippen molar-refractivity contribution in [2.24, 2.45) is 0 Å². The predicted octanol–water partition coefficient (Wildman–Crippen LogP) is 4.61. The summed E-state index contributed by atoms with van der Waals surface area (Å²) in [5.41, 5.74) is 6.31. The smallest absolute Gasteiger partial charge is 0.409 e. The second kappa shape index (κ2) is 7.28. The van der Waals surface area contributed by atoms with Gasteiger partial charge in [-0.2, -0.15) is 10.2 Å². The van der Waals surface area contributed by atoms with E-state index < -0.39 is 6.09 Å². The molecule has 8 heteroatoms. The topological polar surface area (TPSA) is 119 Å². The first-order valence-corrected chi connectivity index (χ1v) is 8.61. The molecule has 0 fully saturated rings. The van der Waals surface area contributed by atoms with Crippen molar-refractivity contribution < 1.29 is 9.90 Å². The maximum Gasteiger partial charge on any atom is 0.409 e. The molecule has 0 bridgehead atoms. The third kappa shape index (κ3) is 3.70. The Morgan fingerprint density at radius 2 is 1.82 bits per heavy atom. The highest BCUT2D eigenvalue weighted by atomic mass is 16.4. The van der Waals surface area contributed by atoms with Crippen LogP contribution in [0.4, 0.5) is 22.0 Å². The lowest BCUT2D eigenvalue weighted by atomic mass is 10.1. The quantitative estimate of drug-likeness (QED) is 0.349. The lowest BCUT2D eigenvalue weighted by Gasteiger charge is -2.09. The maximum absolute atomic E-state index is 10.7. The molecule has 0 saturated carbocycles. The van der Waals surface area contributed by atoms with Crippen LogP contribution >= 0.6 is 0 Å². The highest BCUT2D eigenvalue weighted by Gasteiger charge is 2.08. The summed E-state index contributed by atoms with van der Waals surface area (Å²) >= 11 is 0. The van der Waals surface area contributed by atoms with Gasteiger partial charge in [-0.3, -0.25) is 15.5 Å². The Morgan fingerprint density at radius 1 is 1.04 bits per heavy atom. The Kier molecular flexibility index (Phi) is 4.51. The van der Waals surface area contributed by atoms with E-state index in [1.165, 1.54) is 0 Å². The second-order valence-corrected chi connectivity index (χ2v) is 6.32. The van der Waals surface area contributed by atoms with E-state index in [4.69, 9.17) is 5.11 Å². The molecule has 2 aromatic carbocycles. The van der Waals surface area contributed by atoms with Gasteiger partial charge in [0.05, 0.1) is 11.9 Å². The zero-order valence-corrected chi connectivity index (χ0v) is 15.0. The fourth-order valence-electron chi connectivity index (χ4n) is 2.93. The molecule has 0 saturated heterocycles. The predicted molar refractivity (Wildman–Crippen MR) is 108 cm³/mol. The number of nitrogens with zero attached hydrogens (tertiary/aromatic N) is 2. The first-order valence-electron chi connectivity index (χ1n) is 8.61. The summed E-state index contributed by atoms with van der Waals surface area (Å²) in [6.45, 7) is 1.90. The summed E-state index contributed by atoms with van der Waals surface area (Å²) in [7, 11) is 0. The number of aromatic nitrogens is 4. The average Bonchev–Trinajstić information content (AvgIpc) is 3.36. The summed E-state index contributed by atoms with van der Waals surface area (Å²) in [6.07, 6.45) is 2.55. The minimum Gasteiger partial charge on any atom is -0.465 e. The zero-order valence-electron chi connectivity index (χ0n) is 15.0. The van der Waals surface area contributed by atoms with Gasteiger partial charge < -0.3 is 10.4 Å². The molecule has 0 aliphatic carbocycles. The zero-order chi connectivity index (χ0) is 19.5. The van der Waals surface area contributed by atoms with Crippen LogP contribution in [0.3, 0.4) is 0 Å². The monoisotopic (exact) mass is 374 g/mol. The van der Waals surface area contributed by atoms with Crippen molar-refractivity contribution in [3.8, 4) is 22.4 Å². The van der Waals surface area contributed by atoms with E-state index in [1.807, 2.05) is 49.5 Å². The van der Waals surface area contributed by atoms with Gasteiger partial charge in [-0.15, -0.1) is 0 Å². The van der Waals surface area contributed by atoms with Gasteiger partial charge in [-0.25, -0.2) is 4.79 Å². The van der Waals surface area contributed by atoms with E-state index in [0.717, 1.165) is 33.6 Å². The molecule has 0 radical (unpaired) electrons. The van der Waals surface area contributed by atoms with Crippen molar-refractivity contribution in [1.82, 2.24) is 20.4 Å². The number of carbonyl (C=O) groups is 1. The highest BCUT2D eigenvalue weighted by Crippen LogP contribution is 2.27. The molecule has 1 amide bonds. The summed E-state index contributed by atoms with van der Waals surface area (Å²) in [5.74, 6) is 0.677. The van der Waals surface area contributed by atoms with E-state index in [0.29, 0.717) is 11.5 Å². The van der Waals surface area contributed by atoms with E-state index in [2.05, 4.69) is 31.0 Å². The summed E-state index contributed by atoms with van der Waals surface area (Å²) in [5, 5.41) is 28.5. The van der Waals surface area contributed by atoms with Gasteiger partial charge in [0.2, 0.25) is 0 Å². The number of nitrogens with one attached hydrogen (secondary N) is 4. The van der Waals surface area contributed by atoms with Crippen molar-refractivity contribution in [2.75, 3.05) is 10.6 Å². The maximum atomic E-state index is 10.7. The number of benzene rings is 2. The molecular weight excluding hydrogens is 356 g/mol. The molecular formula is C20H18N6O2.